The smallest absolute Gasteiger partial charge is 0.120 e. The Bertz CT molecular complexity index is 711. The summed E-state index contributed by atoms with van der Waals surface area (Å²) in [4.78, 5) is 4.07. The normalized spacial score (nSPS) is 10.4. The molecule has 0 amide bonds. The van der Waals surface area contributed by atoms with Crippen molar-refractivity contribution in [3.8, 4) is 11.5 Å². The summed E-state index contributed by atoms with van der Waals surface area (Å²) in [6.45, 7) is 0.517. The summed E-state index contributed by atoms with van der Waals surface area (Å²) in [5.41, 5.74) is 1.05. The average Bonchev–Trinajstić information content (AvgIpc) is 2.53. The summed E-state index contributed by atoms with van der Waals surface area (Å²) in [6, 6.07) is 16.0. The molecule has 3 aromatic rings. The van der Waals surface area contributed by atoms with Crippen molar-refractivity contribution in [2.24, 2.45) is 0 Å². The third kappa shape index (κ3) is 2.72. The van der Waals surface area contributed by atoms with Crippen LogP contribution >= 0.6 is 0 Å². The maximum Gasteiger partial charge on any atom is 0.120 e. The molecule has 2 aromatic carbocycles. The minimum atomic E-state index is 0.517. The van der Waals surface area contributed by atoms with E-state index in [1.165, 1.54) is 5.39 Å². The Morgan fingerprint density at radius 1 is 0.950 bits per heavy atom. The molecule has 0 atom stereocenters. The second-order valence-electron chi connectivity index (χ2n) is 4.52. The van der Waals surface area contributed by atoms with Gasteiger partial charge in [-0.05, 0) is 41.1 Å². The molecule has 0 N–H and O–H groups in total. The van der Waals surface area contributed by atoms with Gasteiger partial charge in [0, 0.05) is 18.0 Å². The number of benzene rings is 2. The molecule has 3 heteroatoms. The zero-order valence-electron chi connectivity index (χ0n) is 11.2. The van der Waals surface area contributed by atoms with Gasteiger partial charge in [-0.1, -0.05) is 18.2 Å². The lowest BCUT2D eigenvalue weighted by Crippen LogP contribution is -1.95. The summed E-state index contributed by atoms with van der Waals surface area (Å²) < 4.78 is 11.0. The molecule has 0 saturated heterocycles. The quantitative estimate of drug-likeness (QED) is 0.718. The first-order chi connectivity index (χ1) is 9.85. The Hall–Kier alpha value is -2.55. The largest absolute Gasteiger partial charge is 0.497 e. The van der Waals surface area contributed by atoms with Gasteiger partial charge in [0.2, 0.25) is 0 Å². The van der Waals surface area contributed by atoms with Crippen LogP contribution in [0, 0.1) is 0 Å². The molecule has 0 unspecified atom stereocenters. The third-order valence-electron chi connectivity index (χ3n) is 3.15. The lowest BCUT2D eigenvalue weighted by molar-refractivity contribution is 0.306. The predicted molar refractivity (Wildman–Crippen MR) is 79.1 cm³/mol. The average molecular weight is 265 g/mol. The number of nitrogens with zero attached hydrogens (tertiary/aromatic N) is 1. The summed E-state index contributed by atoms with van der Waals surface area (Å²) in [5.74, 6) is 1.69. The van der Waals surface area contributed by atoms with Gasteiger partial charge in [-0.3, -0.25) is 4.98 Å². The van der Waals surface area contributed by atoms with E-state index in [1.54, 1.807) is 13.3 Å². The fraction of sp³-hybridized carbons (Fsp3) is 0.118. The van der Waals surface area contributed by atoms with Crippen LogP contribution in [0.5, 0.6) is 11.5 Å². The van der Waals surface area contributed by atoms with Gasteiger partial charge in [-0.25, -0.2) is 0 Å². The maximum absolute atomic E-state index is 5.79. The summed E-state index contributed by atoms with van der Waals surface area (Å²) in [7, 11) is 1.67. The van der Waals surface area contributed by atoms with Gasteiger partial charge < -0.3 is 9.47 Å². The first-order valence-electron chi connectivity index (χ1n) is 6.45. The van der Waals surface area contributed by atoms with Crippen LogP contribution in [0.15, 0.2) is 60.9 Å². The van der Waals surface area contributed by atoms with Crippen LogP contribution in [0.4, 0.5) is 0 Å². The monoisotopic (exact) mass is 265 g/mol. The molecule has 20 heavy (non-hydrogen) atoms. The predicted octanol–water partition coefficient (Wildman–Crippen LogP) is 3.82. The first-order valence-corrected chi connectivity index (χ1v) is 6.45. The van der Waals surface area contributed by atoms with E-state index in [1.807, 2.05) is 54.7 Å². The van der Waals surface area contributed by atoms with E-state index in [0.717, 1.165) is 22.4 Å². The molecule has 3 nitrogen and oxygen atoms in total. The number of rotatable bonds is 4. The second-order valence-corrected chi connectivity index (χ2v) is 4.52. The summed E-state index contributed by atoms with van der Waals surface area (Å²) in [5, 5.41) is 2.27. The highest BCUT2D eigenvalue weighted by Gasteiger charge is 2.00. The van der Waals surface area contributed by atoms with E-state index in [2.05, 4.69) is 4.98 Å². The molecule has 1 aromatic heterocycles. The minimum absolute atomic E-state index is 0.517. The fourth-order valence-electron chi connectivity index (χ4n) is 2.07. The Morgan fingerprint density at radius 2 is 1.75 bits per heavy atom. The van der Waals surface area contributed by atoms with Gasteiger partial charge >= 0.3 is 0 Å². The van der Waals surface area contributed by atoms with E-state index in [4.69, 9.17) is 9.47 Å². The van der Waals surface area contributed by atoms with E-state index in [-0.39, 0.29) is 0 Å². The van der Waals surface area contributed by atoms with Crippen LogP contribution < -0.4 is 9.47 Å². The van der Waals surface area contributed by atoms with Crippen molar-refractivity contribution < 1.29 is 9.47 Å². The molecular formula is C17H15NO2. The number of aromatic nitrogens is 1. The number of hydrogen-bond donors (Lipinski definition) is 0. The molecule has 0 fully saturated rings. The highest BCUT2D eigenvalue weighted by Crippen LogP contribution is 2.25. The molecule has 1 heterocycles. The van der Waals surface area contributed by atoms with Crippen LogP contribution in [0.25, 0.3) is 10.8 Å². The third-order valence-corrected chi connectivity index (χ3v) is 3.15. The molecular weight excluding hydrogens is 250 g/mol. The number of hydrogen-bond acceptors (Lipinski definition) is 3. The molecule has 100 valence electrons. The fourth-order valence-corrected chi connectivity index (χ4v) is 2.07. The molecule has 0 radical (unpaired) electrons. The lowest BCUT2D eigenvalue weighted by Gasteiger charge is -2.08. The van der Waals surface area contributed by atoms with Gasteiger partial charge in [0.25, 0.3) is 0 Å². The SMILES string of the molecule is COc1ccc2ccc(OCc3cccnc3)cc2c1. The Kier molecular flexibility index (Phi) is 3.50. The van der Waals surface area contributed by atoms with E-state index >= 15 is 0 Å². The highest BCUT2D eigenvalue weighted by molar-refractivity contribution is 5.85. The number of methoxy groups -OCH3 is 1. The molecule has 0 bridgehead atoms. The van der Waals surface area contributed by atoms with Gasteiger partial charge in [-0.2, -0.15) is 0 Å². The van der Waals surface area contributed by atoms with Crippen molar-refractivity contribution in [1.82, 2.24) is 4.98 Å². The van der Waals surface area contributed by atoms with Crippen molar-refractivity contribution in [2.75, 3.05) is 7.11 Å². The Balaban J connectivity index is 1.81. The number of ether oxygens (including phenoxy) is 2. The second kappa shape index (κ2) is 5.61. The van der Waals surface area contributed by atoms with E-state index < -0.39 is 0 Å². The molecule has 0 spiro atoms. The first kappa shape index (κ1) is 12.5. The topological polar surface area (TPSA) is 31.4 Å². The zero-order valence-corrected chi connectivity index (χ0v) is 11.2. The van der Waals surface area contributed by atoms with Crippen LogP contribution in [0.2, 0.25) is 0 Å². The Labute approximate surface area is 117 Å². The van der Waals surface area contributed by atoms with Crippen LogP contribution in [0.3, 0.4) is 0 Å². The molecule has 0 saturated carbocycles. The highest BCUT2D eigenvalue weighted by atomic mass is 16.5. The van der Waals surface area contributed by atoms with Crippen LogP contribution in [0.1, 0.15) is 5.56 Å². The summed E-state index contributed by atoms with van der Waals surface area (Å²) >= 11 is 0. The maximum atomic E-state index is 5.79. The number of fused-ring (bicyclic) bond motifs is 1. The van der Waals surface area contributed by atoms with E-state index in [9.17, 15) is 0 Å². The molecule has 0 aliphatic carbocycles. The van der Waals surface area contributed by atoms with Crippen molar-refractivity contribution in [3.05, 3.63) is 66.5 Å². The van der Waals surface area contributed by atoms with Gasteiger partial charge in [0.15, 0.2) is 0 Å². The van der Waals surface area contributed by atoms with Gasteiger partial charge in [0.05, 0.1) is 7.11 Å². The zero-order chi connectivity index (χ0) is 13.8. The standard InChI is InChI=1S/C17H15NO2/c1-19-16-6-4-14-5-7-17(10-15(14)9-16)20-12-13-3-2-8-18-11-13/h2-11H,12H2,1H3. The lowest BCUT2D eigenvalue weighted by atomic mass is 10.1. The Morgan fingerprint density at radius 3 is 2.50 bits per heavy atom. The van der Waals surface area contributed by atoms with Crippen molar-refractivity contribution >= 4 is 10.8 Å². The van der Waals surface area contributed by atoms with Crippen molar-refractivity contribution in [2.45, 2.75) is 6.61 Å². The minimum Gasteiger partial charge on any atom is -0.497 e. The molecule has 3 rings (SSSR count). The summed E-state index contributed by atoms with van der Waals surface area (Å²) in [6.07, 6.45) is 3.57. The van der Waals surface area contributed by atoms with Crippen molar-refractivity contribution in [1.29, 1.82) is 0 Å². The van der Waals surface area contributed by atoms with Gasteiger partial charge in [0.1, 0.15) is 18.1 Å². The molecule has 0 aliphatic heterocycles. The van der Waals surface area contributed by atoms with Crippen LogP contribution in [-0.4, -0.2) is 12.1 Å². The van der Waals surface area contributed by atoms with Crippen molar-refractivity contribution in [3.63, 3.8) is 0 Å². The molecule has 0 aliphatic rings. The van der Waals surface area contributed by atoms with Gasteiger partial charge in [-0.15, -0.1) is 0 Å². The van der Waals surface area contributed by atoms with Crippen LogP contribution in [-0.2, 0) is 6.61 Å². The number of pyridine rings is 1. The van der Waals surface area contributed by atoms with E-state index in [0.29, 0.717) is 6.61 Å².